The zero-order chi connectivity index (χ0) is 24.4. The molecule has 0 bridgehead atoms. The second-order valence-corrected chi connectivity index (χ2v) is 9.96. The molecule has 184 valence electrons. The van der Waals surface area contributed by atoms with Crippen LogP contribution in [-0.2, 0) is 32.6 Å². The SMILES string of the molecule is O=C(COCc1ccc(F)cc1)NCCc1ccc(S(=O)(=O)NC(=O)NC2CCCCC2)cc1. The summed E-state index contributed by atoms with van der Waals surface area (Å²) < 4.78 is 45.2. The van der Waals surface area contributed by atoms with Crippen LogP contribution >= 0.6 is 0 Å². The minimum absolute atomic E-state index is 0.00623. The van der Waals surface area contributed by atoms with Gasteiger partial charge < -0.3 is 15.4 Å². The number of urea groups is 1. The lowest BCUT2D eigenvalue weighted by molar-refractivity contribution is -0.126. The molecule has 0 radical (unpaired) electrons. The van der Waals surface area contributed by atoms with E-state index in [1.807, 2.05) is 0 Å². The van der Waals surface area contributed by atoms with Crippen molar-refractivity contribution < 1.29 is 27.1 Å². The first-order chi connectivity index (χ1) is 16.3. The second-order valence-electron chi connectivity index (χ2n) is 8.28. The highest BCUT2D eigenvalue weighted by Crippen LogP contribution is 2.17. The van der Waals surface area contributed by atoms with Gasteiger partial charge in [-0.3, -0.25) is 4.79 Å². The molecule has 1 aliphatic rings. The summed E-state index contributed by atoms with van der Waals surface area (Å²) in [7, 11) is -3.97. The second kappa shape index (κ2) is 12.5. The smallest absolute Gasteiger partial charge is 0.328 e. The maximum atomic E-state index is 12.9. The van der Waals surface area contributed by atoms with Gasteiger partial charge in [-0.2, -0.15) is 0 Å². The molecule has 0 atom stereocenters. The van der Waals surface area contributed by atoms with Crippen molar-refractivity contribution in [1.82, 2.24) is 15.4 Å². The van der Waals surface area contributed by atoms with Crippen molar-refractivity contribution in [2.75, 3.05) is 13.2 Å². The zero-order valence-electron chi connectivity index (χ0n) is 18.9. The highest BCUT2D eigenvalue weighted by molar-refractivity contribution is 7.90. The molecule has 10 heteroatoms. The Morgan fingerprint density at radius 3 is 2.26 bits per heavy atom. The maximum Gasteiger partial charge on any atom is 0.328 e. The summed E-state index contributed by atoms with van der Waals surface area (Å²) in [6.45, 7) is 0.437. The molecule has 0 aromatic heterocycles. The van der Waals surface area contributed by atoms with Gasteiger partial charge >= 0.3 is 6.03 Å². The van der Waals surface area contributed by atoms with Crippen molar-refractivity contribution in [2.24, 2.45) is 0 Å². The topological polar surface area (TPSA) is 114 Å². The van der Waals surface area contributed by atoms with Gasteiger partial charge in [0.1, 0.15) is 12.4 Å². The monoisotopic (exact) mass is 491 g/mol. The predicted octanol–water partition coefficient (Wildman–Crippen LogP) is 3.02. The minimum atomic E-state index is -3.97. The molecule has 0 unspecified atom stereocenters. The molecule has 3 rings (SSSR count). The Labute approximate surface area is 199 Å². The van der Waals surface area contributed by atoms with Crippen LogP contribution in [0.4, 0.5) is 9.18 Å². The summed E-state index contributed by atoms with van der Waals surface area (Å²) in [5.74, 6) is -0.613. The van der Waals surface area contributed by atoms with E-state index in [0.717, 1.165) is 43.2 Å². The van der Waals surface area contributed by atoms with Crippen LogP contribution in [-0.4, -0.2) is 39.5 Å². The van der Waals surface area contributed by atoms with Crippen LogP contribution in [0.1, 0.15) is 43.2 Å². The van der Waals surface area contributed by atoms with Crippen LogP contribution in [0, 0.1) is 5.82 Å². The number of hydrogen-bond donors (Lipinski definition) is 3. The third kappa shape index (κ3) is 8.42. The number of benzene rings is 2. The lowest BCUT2D eigenvalue weighted by Crippen LogP contribution is -2.45. The van der Waals surface area contributed by atoms with Gasteiger partial charge in [-0.05, 0) is 54.7 Å². The molecule has 2 aromatic rings. The molecule has 3 amide bonds. The Balaban J connectivity index is 1.37. The van der Waals surface area contributed by atoms with E-state index < -0.39 is 16.1 Å². The standard InChI is InChI=1S/C24H30FN3O5S/c25-20-10-6-19(7-11-20)16-33-17-23(29)26-15-14-18-8-12-22(13-9-18)34(31,32)28-24(30)27-21-4-2-1-3-5-21/h6-13,21H,1-5,14-17H2,(H,26,29)(H2,27,28,30). The molecular weight excluding hydrogens is 461 g/mol. The van der Waals surface area contributed by atoms with Crippen LogP contribution in [0.5, 0.6) is 0 Å². The van der Waals surface area contributed by atoms with Crippen LogP contribution in [0.3, 0.4) is 0 Å². The normalized spacial score (nSPS) is 14.4. The first kappa shape index (κ1) is 25.6. The Hall–Kier alpha value is -2.98. The van der Waals surface area contributed by atoms with E-state index in [1.54, 1.807) is 24.3 Å². The number of halogens is 1. The molecule has 2 aromatic carbocycles. The number of amides is 3. The summed E-state index contributed by atoms with van der Waals surface area (Å²) in [6.07, 6.45) is 5.42. The van der Waals surface area contributed by atoms with Crippen LogP contribution in [0.2, 0.25) is 0 Å². The third-order valence-corrected chi connectivity index (χ3v) is 6.90. The number of carbonyl (C=O) groups excluding carboxylic acids is 2. The molecule has 0 aliphatic heterocycles. The van der Waals surface area contributed by atoms with Crippen molar-refractivity contribution in [3.8, 4) is 0 Å². The van der Waals surface area contributed by atoms with Crippen LogP contribution in [0.15, 0.2) is 53.4 Å². The van der Waals surface area contributed by atoms with Crippen molar-refractivity contribution in [3.63, 3.8) is 0 Å². The zero-order valence-corrected chi connectivity index (χ0v) is 19.7. The van der Waals surface area contributed by atoms with Crippen LogP contribution in [0.25, 0.3) is 0 Å². The van der Waals surface area contributed by atoms with Gasteiger partial charge in [-0.15, -0.1) is 0 Å². The molecule has 34 heavy (non-hydrogen) atoms. The van der Waals surface area contributed by atoms with Crippen LogP contribution < -0.4 is 15.4 Å². The summed E-state index contributed by atoms with van der Waals surface area (Å²) >= 11 is 0. The molecule has 1 aliphatic carbocycles. The molecule has 0 heterocycles. The highest BCUT2D eigenvalue weighted by atomic mass is 32.2. The molecule has 8 nitrogen and oxygen atoms in total. The first-order valence-electron chi connectivity index (χ1n) is 11.3. The Morgan fingerprint density at radius 2 is 1.59 bits per heavy atom. The highest BCUT2D eigenvalue weighted by Gasteiger charge is 2.21. The maximum absolute atomic E-state index is 12.9. The third-order valence-electron chi connectivity index (χ3n) is 5.55. The quantitative estimate of drug-likeness (QED) is 0.473. The number of ether oxygens (including phenoxy) is 1. The number of hydrogen-bond acceptors (Lipinski definition) is 5. The van der Waals surface area contributed by atoms with Gasteiger partial charge in [0, 0.05) is 12.6 Å². The van der Waals surface area contributed by atoms with Crippen molar-refractivity contribution in [3.05, 3.63) is 65.5 Å². The van der Waals surface area contributed by atoms with Gasteiger partial charge in [0.2, 0.25) is 5.91 Å². The molecule has 1 saturated carbocycles. The fraction of sp³-hybridized carbons (Fsp3) is 0.417. The number of carbonyl (C=O) groups is 2. The summed E-state index contributed by atoms with van der Waals surface area (Å²) in [5, 5.41) is 5.45. The van der Waals surface area contributed by atoms with Crippen molar-refractivity contribution >= 4 is 22.0 Å². The van der Waals surface area contributed by atoms with Crippen molar-refractivity contribution in [1.29, 1.82) is 0 Å². The largest absolute Gasteiger partial charge is 0.367 e. The van der Waals surface area contributed by atoms with Gasteiger partial charge in [0.15, 0.2) is 0 Å². The fourth-order valence-electron chi connectivity index (χ4n) is 3.72. The minimum Gasteiger partial charge on any atom is -0.367 e. The average Bonchev–Trinajstić information content (AvgIpc) is 2.81. The number of nitrogens with one attached hydrogen (secondary N) is 3. The fourth-order valence-corrected chi connectivity index (χ4v) is 4.63. The molecular formula is C24H30FN3O5S. The van der Waals surface area contributed by atoms with E-state index in [1.165, 1.54) is 24.3 Å². The number of rotatable bonds is 10. The lowest BCUT2D eigenvalue weighted by atomic mass is 9.96. The molecule has 0 spiro atoms. The van der Waals surface area contributed by atoms with E-state index in [-0.39, 0.29) is 35.9 Å². The predicted molar refractivity (Wildman–Crippen MR) is 125 cm³/mol. The summed E-state index contributed by atoms with van der Waals surface area (Å²) in [4.78, 5) is 24.0. The Kier molecular flexibility index (Phi) is 9.41. The van der Waals surface area contributed by atoms with E-state index in [0.29, 0.717) is 13.0 Å². The van der Waals surface area contributed by atoms with Crippen molar-refractivity contribution in [2.45, 2.75) is 56.1 Å². The Morgan fingerprint density at radius 1 is 0.941 bits per heavy atom. The first-order valence-corrected chi connectivity index (χ1v) is 12.8. The summed E-state index contributed by atoms with van der Waals surface area (Å²) in [5.41, 5.74) is 1.60. The van der Waals surface area contributed by atoms with E-state index in [2.05, 4.69) is 15.4 Å². The van der Waals surface area contributed by atoms with E-state index in [9.17, 15) is 22.4 Å². The van der Waals surface area contributed by atoms with E-state index >= 15 is 0 Å². The molecule has 3 N–H and O–H groups in total. The van der Waals surface area contributed by atoms with E-state index in [4.69, 9.17) is 4.74 Å². The molecule has 0 saturated heterocycles. The van der Waals surface area contributed by atoms with Gasteiger partial charge in [0.05, 0.1) is 11.5 Å². The average molecular weight is 492 g/mol. The van der Waals surface area contributed by atoms with Gasteiger partial charge in [-0.1, -0.05) is 43.5 Å². The summed E-state index contributed by atoms with van der Waals surface area (Å²) in [6, 6.07) is 11.3. The van der Waals surface area contributed by atoms with Gasteiger partial charge in [-0.25, -0.2) is 22.3 Å². The Bertz CT molecular complexity index is 1050. The lowest BCUT2D eigenvalue weighted by Gasteiger charge is -2.22. The molecule has 1 fully saturated rings. The van der Waals surface area contributed by atoms with Gasteiger partial charge in [0.25, 0.3) is 10.0 Å². The number of sulfonamides is 1.